The lowest BCUT2D eigenvalue weighted by atomic mass is 9.92. The molecule has 3 aromatic rings. The van der Waals surface area contributed by atoms with E-state index in [0.717, 1.165) is 22.5 Å². The summed E-state index contributed by atoms with van der Waals surface area (Å²) in [5.74, 6) is -0.0485. The monoisotopic (exact) mass is 494 g/mol. The molecule has 2 aromatic carbocycles. The molecule has 35 heavy (non-hydrogen) atoms. The fourth-order valence-electron chi connectivity index (χ4n) is 3.75. The van der Waals surface area contributed by atoms with Crippen LogP contribution in [0.25, 0.3) is 5.69 Å². The predicted octanol–water partition coefficient (Wildman–Crippen LogP) is 5.94. The normalized spacial score (nSPS) is 12.5. The first-order chi connectivity index (χ1) is 16.4. The van der Waals surface area contributed by atoms with Crippen LogP contribution in [0.15, 0.2) is 54.6 Å². The van der Waals surface area contributed by atoms with E-state index in [4.69, 9.17) is 16.7 Å². The average Bonchev–Trinajstić information content (AvgIpc) is 3.22. The average molecular weight is 495 g/mol. The largest absolute Gasteiger partial charge is 0.329 e. The van der Waals surface area contributed by atoms with E-state index in [2.05, 4.69) is 26.1 Å². The number of alkyl halides is 1. The molecular weight excluding hydrogens is 460 g/mol. The van der Waals surface area contributed by atoms with E-state index in [-0.39, 0.29) is 29.8 Å². The van der Waals surface area contributed by atoms with Crippen LogP contribution in [0.5, 0.6) is 0 Å². The Bertz CT molecular complexity index is 1200. The molecule has 2 amide bonds. The summed E-state index contributed by atoms with van der Waals surface area (Å²) in [6.07, 6.45) is 0. The molecule has 0 saturated heterocycles. The Labute approximate surface area is 213 Å². The highest BCUT2D eigenvalue weighted by atomic mass is 35.5. The molecule has 0 spiro atoms. The van der Waals surface area contributed by atoms with Crippen molar-refractivity contribution in [3.05, 3.63) is 77.0 Å². The lowest BCUT2D eigenvalue weighted by molar-refractivity contribution is -0.136. The van der Waals surface area contributed by atoms with E-state index >= 15 is 0 Å². The van der Waals surface area contributed by atoms with Gasteiger partial charge >= 0.3 is 0 Å². The van der Waals surface area contributed by atoms with E-state index < -0.39 is 5.38 Å². The summed E-state index contributed by atoms with van der Waals surface area (Å²) in [6, 6.07) is 16.9. The molecule has 1 heterocycles. The van der Waals surface area contributed by atoms with Crippen molar-refractivity contribution < 1.29 is 9.59 Å². The van der Waals surface area contributed by atoms with E-state index in [1.165, 1.54) is 4.90 Å². The molecule has 1 N–H and O–H groups in total. The maximum absolute atomic E-state index is 13.2. The van der Waals surface area contributed by atoms with E-state index in [9.17, 15) is 9.59 Å². The van der Waals surface area contributed by atoms with Gasteiger partial charge in [0, 0.05) is 17.5 Å². The minimum absolute atomic E-state index is 0.116. The van der Waals surface area contributed by atoms with Gasteiger partial charge in [-0.3, -0.25) is 9.59 Å². The molecule has 1 aromatic heterocycles. The predicted molar refractivity (Wildman–Crippen MR) is 142 cm³/mol. The molecule has 0 aliphatic carbocycles. The fraction of sp³-hybridized carbons (Fsp3) is 0.393. The van der Waals surface area contributed by atoms with Gasteiger partial charge in [-0.05, 0) is 50.5 Å². The van der Waals surface area contributed by atoms with Crippen LogP contribution in [0, 0.1) is 13.8 Å². The summed E-state index contributed by atoms with van der Waals surface area (Å²) in [5.41, 5.74) is 4.47. The third kappa shape index (κ3) is 6.12. The third-order valence-electron chi connectivity index (χ3n) is 6.08. The summed E-state index contributed by atoms with van der Waals surface area (Å²) in [5, 5.41) is 6.95. The van der Waals surface area contributed by atoms with Crippen LogP contribution in [0.2, 0.25) is 0 Å². The first kappa shape index (κ1) is 26.5. The Morgan fingerprint density at radius 3 is 2.31 bits per heavy atom. The fourth-order valence-corrected chi connectivity index (χ4v) is 4.02. The highest BCUT2D eigenvalue weighted by Crippen LogP contribution is 2.29. The van der Waals surface area contributed by atoms with Crippen molar-refractivity contribution >= 4 is 29.2 Å². The number of amides is 2. The number of hydrogen-bond acceptors (Lipinski definition) is 3. The Hall–Kier alpha value is -3.12. The maximum atomic E-state index is 13.2. The Morgan fingerprint density at radius 2 is 1.71 bits per heavy atom. The van der Waals surface area contributed by atoms with Crippen molar-refractivity contribution in [1.82, 2.24) is 14.7 Å². The topological polar surface area (TPSA) is 67.2 Å². The number of carbonyl (C=O) groups is 2. The van der Waals surface area contributed by atoms with Gasteiger partial charge in [0.15, 0.2) is 0 Å². The first-order valence-electron chi connectivity index (χ1n) is 11.9. The molecule has 0 saturated carbocycles. The van der Waals surface area contributed by atoms with Crippen LogP contribution in [0.3, 0.4) is 0 Å². The Kier molecular flexibility index (Phi) is 8.06. The summed E-state index contributed by atoms with van der Waals surface area (Å²) in [7, 11) is 0. The highest BCUT2D eigenvalue weighted by molar-refractivity contribution is 6.30. The third-order valence-corrected chi connectivity index (χ3v) is 6.52. The molecule has 0 aliphatic rings. The van der Waals surface area contributed by atoms with Crippen LogP contribution in [0.4, 0.5) is 5.82 Å². The molecule has 0 bridgehead atoms. The van der Waals surface area contributed by atoms with Gasteiger partial charge in [0.25, 0.3) is 0 Å². The molecule has 1 atom stereocenters. The van der Waals surface area contributed by atoms with Gasteiger partial charge in [-0.25, -0.2) is 4.68 Å². The molecule has 0 fully saturated rings. The molecule has 186 valence electrons. The molecule has 3 rings (SSSR count). The number of aryl methyl sites for hydroxylation is 1. The zero-order chi connectivity index (χ0) is 25.9. The van der Waals surface area contributed by atoms with Crippen molar-refractivity contribution in [1.29, 1.82) is 0 Å². The van der Waals surface area contributed by atoms with Gasteiger partial charge in [0.1, 0.15) is 17.7 Å². The second-order valence-electron chi connectivity index (χ2n) is 10.2. The number of anilines is 1. The van der Waals surface area contributed by atoms with Gasteiger partial charge < -0.3 is 10.2 Å². The zero-order valence-electron chi connectivity index (χ0n) is 21.6. The Morgan fingerprint density at radius 1 is 1.06 bits per heavy atom. The van der Waals surface area contributed by atoms with Crippen molar-refractivity contribution in [2.45, 2.75) is 65.3 Å². The number of halogens is 1. The molecule has 0 radical (unpaired) electrons. The van der Waals surface area contributed by atoms with E-state index in [1.54, 1.807) is 4.68 Å². The summed E-state index contributed by atoms with van der Waals surface area (Å²) in [4.78, 5) is 27.9. The lowest BCUT2D eigenvalue weighted by Crippen LogP contribution is -2.44. The van der Waals surface area contributed by atoms with Gasteiger partial charge in [-0.2, -0.15) is 5.10 Å². The SMILES string of the molecule is Cc1cccc(-n2nc(C(C)(C)C)cc2NC(=O)CN(C(=O)C(Cl)c2ccccc2)C(C)C)c1C. The standard InChI is InChI=1S/C28H35ClN4O2/c1-18(2)32(27(35)26(29)21-13-9-8-10-14-21)17-25(34)30-24-16-23(28(5,6)7)31-33(24)22-15-11-12-19(3)20(22)4/h8-16,18,26H,17H2,1-7H3,(H,30,34). The molecule has 1 unspecified atom stereocenters. The van der Waals surface area contributed by atoms with Gasteiger partial charge in [0.05, 0.1) is 11.4 Å². The number of hydrogen-bond donors (Lipinski definition) is 1. The number of carbonyl (C=O) groups excluding carboxylic acids is 2. The van der Waals surface area contributed by atoms with Crippen LogP contribution in [0.1, 0.15) is 62.4 Å². The molecule has 7 heteroatoms. The van der Waals surface area contributed by atoms with E-state index in [1.807, 2.05) is 82.3 Å². The van der Waals surface area contributed by atoms with Crippen molar-refractivity contribution in [2.75, 3.05) is 11.9 Å². The van der Waals surface area contributed by atoms with Gasteiger partial charge in [-0.1, -0.05) is 63.2 Å². The number of nitrogens with zero attached hydrogens (tertiary/aromatic N) is 3. The summed E-state index contributed by atoms with van der Waals surface area (Å²) in [6.45, 7) is 14.0. The van der Waals surface area contributed by atoms with Crippen molar-refractivity contribution in [2.24, 2.45) is 0 Å². The first-order valence-corrected chi connectivity index (χ1v) is 12.3. The van der Waals surface area contributed by atoms with Crippen LogP contribution in [-0.2, 0) is 15.0 Å². The molecule has 6 nitrogen and oxygen atoms in total. The number of aromatic nitrogens is 2. The Balaban J connectivity index is 1.88. The van der Waals surface area contributed by atoms with Crippen LogP contribution in [-0.4, -0.2) is 39.1 Å². The number of benzene rings is 2. The number of nitrogens with one attached hydrogen (secondary N) is 1. The minimum atomic E-state index is -0.862. The smallest absolute Gasteiger partial charge is 0.245 e. The second kappa shape index (κ2) is 10.6. The quantitative estimate of drug-likeness (QED) is 0.413. The zero-order valence-corrected chi connectivity index (χ0v) is 22.3. The molecule has 0 aliphatic heterocycles. The summed E-state index contributed by atoms with van der Waals surface area (Å²) < 4.78 is 1.77. The lowest BCUT2D eigenvalue weighted by Gasteiger charge is -2.28. The van der Waals surface area contributed by atoms with Gasteiger partial charge in [-0.15, -0.1) is 11.6 Å². The highest BCUT2D eigenvalue weighted by Gasteiger charge is 2.28. The maximum Gasteiger partial charge on any atom is 0.245 e. The van der Waals surface area contributed by atoms with Gasteiger partial charge in [0.2, 0.25) is 11.8 Å². The van der Waals surface area contributed by atoms with Crippen LogP contribution >= 0.6 is 11.6 Å². The second-order valence-corrected chi connectivity index (χ2v) is 10.6. The van der Waals surface area contributed by atoms with Crippen LogP contribution < -0.4 is 5.32 Å². The minimum Gasteiger partial charge on any atom is -0.329 e. The van der Waals surface area contributed by atoms with E-state index in [0.29, 0.717) is 11.4 Å². The van der Waals surface area contributed by atoms with Crippen molar-refractivity contribution in [3.63, 3.8) is 0 Å². The van der Waals surface area contributed by atoms with Crippen molar-refractivity contribution in [3.8, 4) is 5.69 Å². The summed E-state index contributed by atoms with van der Waals surface area (Å²) >= 11 is 6.49. The number of rotatable bonds is 7. The molecular formula is C28H35ClN4O2.